The van der Waals surface area contributed by atoms with Crippen LogP contribution in [0.5, 0.6) is 0 Å². The molecule has 2 rings (SSSR count). The number of hydrogen-bond donors (Lipinski definition) is 0. The molecule has 0 spiro atoms. The summed E-state index contributed by atoms with van der Waals surface area (Å²) in [5.41, 5.74) is 2.01. The van der Waals surface area contributed by atoms with Gasteiger partial charge in [-0.1, -0.05) is 36.4 Å². The summed E-state index contributed by atoms with van der Waals surface area (Å²) in [7, 11) is 0. The zero-order valence-electron chi connectivity index (χ0n) is 8.36. The first-order chi connectivity index (χ1) is 6.81. The molecule has 1 nitrogen and oxygen atoms in total. The summed E-state index contributed by atoms with van der Waals surface area (Å²) >= 11 is 0. The van der Waals surface area contributed by atoms with Gasteiger partial charge < -0.3 is 0 Å². The standard InChI is InChI=1S/C13H14O/c1-2-3-10-4-6-11(7-5-10)13(14)12-8-9-12/h2-7,12H,8-9H2,1H3. The summed E-state index contributed by atoms with van der Waals surface area (Å²) in [5, 5.41) is 0. The van der Waals surface area contributed by atoms with Crippen molar-refractivity contribution in [2.45, 2.75) is 19.8 Å². The van der Waals surface area contributed by atoms with Gasteiger partial charge >= 0.3 is 0 Å². The van der Waals surface area contributed by atoms with Crippen LogP contribution >= 0.6 is 0 Å². The van der Waals surface area contributed by atoms with Gasteiger partial charge in [-0.25, -0.2) is 0 Å². The molecule has 1 aliphatic rings. The van der Waals surface area contributed by atoms with Crippen molar-refractivity contribution in [3.8, 4) is 0 Å². The van der Waals surface area contributed by atoms with E-state index in [2.05, 4.69) is 0 Å². The van der Waals surface area contributed by atoms with Gasteiger partial charge in [-0.3, -0.25) is 4.79 Å². The Bertz CT molecular complexity index is 355. The molecular formula is C13H14O. The number of carbonyl (C=O) groups excluding carboxylic acids is 1. The van der Waals surface area contributed by atoms with E-state index in [4.69, 9.17) is 0 Å². The van der Waals surface area contributed by atoms with E-state index in [0.29, 0.717) is 11.7 Å². The lowest BCUT2D eigenvalue weighted by Gasteiger charge is -1.99. The van der Waals surface area contributed by atoms with E-state index in [-0.39, 0.29) is 0 Å². The van der Waals surface area contributed by atoms with Crippen molar-refractivity contribution < 1.29 is 4.79 Å². The lowest BCUT2D eigenvalue weighted by Crippen LogP contribution is -2.00. The summed E-state index contributed by atoms with van der Waals surface area (Å²) in [5.74, 6) is 0.639. The number of allylic oxidation sites excluding steroid dienone is 1. The maximum atomic E-state index is 11.7. The van der Waals surface area contributed by atoms with Crippen LogP contribution < -0.4 is 0 Å². The Morgan fingerprint density at radius 3 is 2.43 bits per heavy atom. The smallest absolute Gasteiger partial charge is 0.165 e. The van der Waals surface area contributed by atoms with Gasteiger partial charge in [-0.2, -0.15) is 0 Å². The van der Waals surface area contributed by atoms with Crippen LogP contribution in [0.3, 0.4) is 0 Å². The first kappa shape index (κ1) is 9.20. The third kappa shape index (κ3) is 1.92. The van der Waals surface area contributed by atoms with E-state index in [1.54, 1.807) is 0 Å². The van der Waals surface area contributed by atoms with Gasteiger partial charge in [0.1, 0.15) is 0 Å². The van der Waals surface area contributed by atoms with Crippen molar-refractivity contribution in [3.63, 3.8) is 0 Å². The second kappa shape index (κ2) is 3.79. The fourth-order valence-electron chi connectivity index (χ4n) is 1.53. The van der Waals surface area contributed by atoms with Gasteiger partial charge in [0, 0.05) is 11.5 Å². The molecule has 1 aromatic carbocycles. The molecule has 1 heteroatoms. The maximum absolute atomic E-state index is 11.7. The van der Waals surface area contributed by atoms with Gasteiger partial charge in [0.2, 0.25) is 0 Å². The van der Waals surface area contributed by atoms with E-state index in [0.717, 1.165) is 24.0 Å². The van der Waals surface area contributed by atoms with Crippen LogP contribution in [0.1, 0.15) is 35.7 Å². The molecule has 0 amide bonds. The fourth-order valence-corrected chi connectivity index (χ4v) is 1.53. The van der Waals surface area contributed by atoms with Crippen molar-refractivity contribution in [2.24, 2.45) is 5.92 Å². The summed E-state index contributed by atoms with van der Waals surface area (Å²) in [6.07, 6.45) is 6.19. The number of Topliss-reactive ketones (excluding diaryl/α,β-unsaturated/α-hetero) is 1. The van der Waals surface area contributed by atoms with E-state index in [9.17, 15) is 4.79 Å². The van der Waals surface area contributed by atoms with Gasteiger partial charge in [0.05, 0.1) is 0 Å². The number of carbonyl (C=O) groups is 1. The van der Waals surface area contributed by atoms with Crippen LogP contribution in [0, 0.1) is 5.92 Å². The van der Waals surface area contributed by atoms with E-state index in [1.165, 1.54) is 0 Å². The molecule has 1 aromatic rings. The second-order valence-electron chi connectivity index (χ2n) is 3.76. The average molecular weight is 186 g/mol. The molecule has 0 bridgehead atoms. The van der Waals surface area contributed by atoms with Crippen LogP contribution in [0.4, 0.5) is 0 Å². The third-order valence-corrected chi connectivity index (χ3v) is 2.50. The van der Waals surface area contributed by atoms with E-state index < -0.39 is 0 Å². The van der Waals surface area contributed by atoms with Crippen molar-refractivity contribution in [1.82, 2.24) is 0 Å². The Balaban J connectivity index is 2.16. The molecule has 1 saturated carbocycles. The van der Waals surface area contributed by atoms with Crippen LogP contribution in [0.25, 0.3) is 6.08 Å². The highest BCUT2D eigenvalue weighted by Gasteiger charge is 2.30. The molecule has 1 aliphatic carbocycles. The van der Waals surface area contributed by atoms with Crippen molar-refractivity contribution in [3.05, 3.63) is 41.5 Å². The van der Waals surface area contributed by atoms with E-state index >= 15 is 0 Å². The van der Waals surface area contributed by atoms with Crippen LogP contribution in [0.2, 0.25) is 0 Å². The lowest BCUT2D eigenvalue weighted by molar-refractivity contribution is 0.0967. The molecule has 1 fully saturated rings. The highest BCUT2D eigenvalue weighted by atomic mass is 16.1. The monoisotopic (exact) mass is 186 g/mol. The van der Waals surface area contributed by atoms with Gasteiger partial charge in [-0.15, -0.1) is 0 Å². The zero-order chi connectivity index (χ0) is 9.97. The first-order valence-electron chi connectivity index (χ1n) is 5.08. The van der Waals surface area contributed by atoms with Crippen LogP contribution in [-0.2, 0) is 0 Å². The molecule has 72 valence electrons. The third-order valence-electron chi connectivity index (χ3n) is 2.50. The lowest BCUT2D eigenvalue weighted by atomic mass is 10.1. The maximum Gasteiger partial charge on any atom is 0.165 e. The number of rotatable bonds is 3. The molecule has 0 N–H and O–H groups in total. The number of ketones is 1. The molecule has 14 heavy (non-hydrogen) atoms. The predicted octanol–water partition coefficient (Wildman–Crippen LogP) is 3.31. The summed E-state index contributed by atoms with van der Waals surface area (Å²) in [4.78, 5) is 11.7. The Morgan fingerprint density at radius 1 is 1.29 bits per heavy atom. The minimum atomic E-state index is 0.317. The zero-order valence-corrected chi connectivity index (χ0v) is 8.36. The van der Waals surface area contributed by atoms with E-state index in [1.807, 2.05) is 43.3 Å². The largest absolute Gasteiger partial charge is 0.294 e. The molecular weight excluding hydrogens is 172 g/mol. The molecule has 0 unspecified atom stereocenters. The normalized spacial score (nSPS) is 16.1. The minimum Gasteiger partial charge on any atom is -0.294 e. The number of benzene rings is 1. The summed E-state index contributed by atoms with van der Waals surface area (Å²) in [6.45, 7) is 1.99. The summed E-state index contributed by atoms with van der Waals surface area (Å²) < 4.78 is 0. The van der Waals surface area contributed by atoms with Crippen LogP contribution in [0.15, 0.2) is 30.3 Å². The minimum absolute atomic E-state index is 0.317. The van der Waals surface area contributed by atoms with Crippen LogP contribution in [-0.4, -0.2) is 5.78 Å². The number of hydrogen-bond acceptors (Lipinski definition) is 1. The molecule has 0 heterocycles. The molecule has 0 aliphatic heterocycles. The molecule has 0 aromatic heterocycles. The molecule has 0 radical (unpaired) electrons. The Hall–Kier alpha value is -1.37. The quantitative estimate of drug-likeness (QED) is 0.662. The van der Waals surface area contributed by atoms with Crippen molar-refractivity contribution in [1.29, 1.82) is 0 Å². The highest BCUT2D eigenvalue weighted by molar-refractivity contribution is 5.99. The highest BCUT2D eigenvalue weighted by Crippen LogP contribution is 2.32. The van der Waals surface area contributed by atoms with Crippen molar-refractivity contribution >= 4 is 11.9 Å². The van der Waals surface area contributed by atoms with Gasteiger partial charge in [-0.05, 0) is 25.3 Å². The summed E-state index contributed by atoms with van der Waals surface area (Å²) in [6, 6.07) is 7.84. The Morgan fingerprint density at radius 2 is 1.93 bits per heavy atom. The second-order valence-corrected chi connectivity index (χ2v) is 3.76. The SMILES string of the molecule is CC=Cc1ccc(C(=O)C2CC2)cc1. The Kier molecular flexibility index (Phi) is 2.49. The topological polar surface area (TPSA) is 17.1 Å². The molecule has 0 atom stereocenters. The van der Waals surface area contributed by atoms with Crippen molar-refractivity contribution in [2.75, 3.05) is 0 Å². The molecule has 0 saturated heterocycles. The average Bonchev–Trinajstić information content (AvgIpc) is 3.02. The first-order valence-corrected chi connectivity index (χ1v) is 5.08. The predicted molar refractivity (Wildman–Crippen MR) is 58.2 cm³/mol. The van der Waals surface area contributed by atoms with Gasteiger partial charge in [0.15, 0.2) is 5.78 Å². The van der Waals surface area contributed by atoms with Gasteiger partial charge in [0.25, 0.3) is 0 Å². The fraction of sp³-hybridized carbons (Fsp3) is 0.308. The Labute approximate surface area is 84.5 Å².